The molecule has 102 valence electrons. The van der Waals surface area contributed by atoms with Gasteiger partial charge in [0.15, 0.2) is 0 Å². The van der Waals surface area contributed by atoms with Crippen LogP contribution in [0.3, 0.4) is 0 Å². The molecule has 0 saturated carbocycles. The van der Waals surface area contributed by atoms with Gasteiger partial charge in [-0.15, -0.1) is 0 Å². The van der Waals surface area contributed by atoms with Gasteiger partial charge in [0.25, 0.3) is 5.91 Å². The number of carbonyl (C=O) groups excluding carboxylic acids is 1. The molecule has 0 radical (unpaired) electrons. The minimum atomic E-state index is -0.977. The van der Waals surface area contributed by atoms with Crippen molar-refractivity contribution in [3.63, 3.8) is 0 Å². The van der Waals surface area contributed by atoms with Crippen LogP contribution in [0.2, 0.25) is 0 Å². The number of nitrogens with one attached hydrogen (secondary N) is 1. The summed E-state index contributed by atoms with van der Waals surface area (Å²) in [7, 11) is 1.28. The highest BCUT2D eigenvalue weighted by Crippen LogP contribution is 2.27. The molecule has 0 aliphatic carbocycles. The second-order valence-corrected chi connectivity index (χ2v) is 4.07. The lowest BCUT2D eigenvalue weighted by molar-refractivity contribution is -0.114. The molecule has 3 nitrogen and oxygen atoms in total. The van der Waals surface area contributed by atoms with Crippen LogP contribution >= 0.6 is 0 Å². The van der Waals surface area contributed by atoms with Gasteiger partial charge in [-0.2, -0.15) is 4.39 Å². The van der Waals surface area contributed by atoms with Crippen molar-refractivity contribution in [2.45, 2.75) is 0 Å². The molecular weight excluding hydrogens is 257 g/mol. The molecule has 1 amide bonds. The van der Waals surface area contributed by atoms with Crippen LogP contribution in [0.5, 0.6) is 0 Å². The lowest BCUT2D eigenvalue weighted by Crippen LogP contribution is -2.12. The van der Waals surface area contributed by atoms with Gasteiger partial charge in [-0.05, 0) is 11.6 Å². The highest BCUT2D eigenvalue weighted by Gasteiger charge is 2.12. The van der Waals surface area contributed by atoms with Crippen molar-refractivity contribution < 1.29 is 13.9 Å². The number of hydrogen-bond acceptors (Lipinski definition) is 2. The van der Waals surface area contributed by atoms with E-state index in [1.54, 1.807) is 12.1 Å². The van der Waals surface area contributed by atoms with Crippen molar-refractivity contribution in [3.05, 3.63) is 66.7 Å². The average Bonchev–Trinajstić information content (AvgIpc) is 2.49. The normalized spacial score (nSPS) is 11.0. The van der Waals surface area contributed by atoms with Crippen molar-refractivity contribution in [2.24, 2.45) is 0 Å². The van der Waals surface area contributed by atoms with Crippen LogP contribution in [0.15, 0.2) is 66.7 Å². The third-order valence-corrected chi connectivity index (χ3v) is 2.70. The minimum absolute atomic E-state index is 0.545. The molecule has 20 heavy (non-hydrogen) atoms. The monoisotopic (exact) mass is 271 g/mol. The first-order valence-corrected chi connectivity index (χ1v) is 6.06. The zero-order valence-electron chi connectivity index (χ0n) is 11.0. The van der Waals surface area contributed by atoms with E-state index < -0.39 is 11.7 Å². The summed E-state index contributed by atoms with van der Waals surface area (Å²) in [6.07, 6.45) is 0.764. The Hall–Kier alpha value is -2.62. The first-order chi connectivity index (χ1) is 9.72. The molecule has 2 aromatic carbocycles. The van der Waals surface area contributed by atoms with E-state index in [0.29, 0.717) is 5.69 Å². The largest absolute Gasteiger partial charge is 0.501 e. The third kappa shape index (κ3) is 3.23. The fraction of sp³-hybridized carbons (Fsp3) is 0.0625. The molecule has 0 unspecified atom stereocenters. The number of ether oxygens (including phenoxy) is 1. The van der Waals surface area contributed by atoms with E-state index in [2.05, 4.69) is 10.1 Å². The number of rotatable bonds is 4. The molecule has 2 rings (SSSR count). The maximum Gasteiger partial charge on any atom is 0.287 e. The summed E-state index contributed by atoms with van der Waals surface area (Å²) in [5, 5.41) is 2.53. The van der Waals surface area contributed by atoms with Crippen LogP contribution in [0.25, 0.3) is 11.1 Å². The summed E-state index contributed by atoms with van der Waals surface area (Å²) in [4.78, 5) is 11.7. The Morgan fingerprint density at radius 1 is 1.10 bits per heavy atom. The summed E-state index contributed by atoms with van der Waals surface area (Å²) in [6, 6.07) is 16.8. The summed E-state index contributed by atoms with van der Waals surface area (Å²) in [5.74, 6) is -1.81. The molecule has 0 fully saturated rings. The van der Waals surface area contributed by atoms with E-state index in [1.165, 1.54) is 7.11 Å². The summed E-state index contributed by atoms with van der Waals surface area (Å²) >= 11 is 0. The predicted molar refractivity (Wildman–Crippen MR) is 76.7 cm³/mol. The Morgan fingerprint density at radius 3 is 2.45 bits per heavy atom. The number of carbonyl (C=O) groups is 1. The first kappa shape index (κ1) is 13.8. The number of halogens is 1. The molecule has 4 heteroatoms. The summed E-state index contributed by atoms with van der Waals surface area (Å²) in [6.45, 7) is 0. The average molecular weight is 271 g/mol. The Balaban J connectivity index is 2.30. The lowest BCUT2D eigenvalue weighted by Gasteiger charge is -2.10. The molecule has 1 N–H and O–H groups in total. The fourth-order valence-corrected chi connectivity index (χ4v) is 1.80. The Morgan fingerprint density at radius 2 is 1.75 bits per heavy atom. The van der Waals surface area contributed by atoms with Crippen LogP contribution in [0.1, 0.15) is 0 Å². The number of para-hydroxylation sites is 1. The Labute approximate surface area is 116 Å². The molecular formula is C16H14FNO2. The molecule has 0 atom stereocenters. The van der Waals surface area contributed by atoms with E-state index in [0.717, 1.165) is 17.4 Å². The maximum atomic E-state index is 13.3. The number of methoxy groups -OCH3 is 1. The van der Waals surface area contributed by atoms with Crippen molar-refractivity contribution in [3.8, 4) is 11.1 Å². The van der Waals surface area contributed by atoms with Gasteiger partial charge >= 0.3 is 0 Å². The van der Waals surface area contributed by atoms with Gasteiger partial charge in [0.2, 0.25) is 5.83 Å². The fourth-order valence-electron chi connectivity index (χ4n) is 1.80. The SMILES string of the molecule is CO/C=C(/F)C(=O)Nc1ccccc1-c1ccccc1. The van der Waals surface area contributed by atoms with Gasteiger partial charge in [0.1, 0.15) is 6.26 Å². The quantitative estimate of drug-likeness (QED) is 0.679. The molecule has 2 aromatic rings. The van der Waals surface area contributed by atoms with E-state index >= 15 is 0 Å². The van der Waals surface area contributed by atoms with Crippen LogP contribution in [-0.2, 0) is 9.53 Å². The predicted octanol–water partition coefficient (Wildman–Crippen LogP) is 3.75. The van der Waals surface area contributed by atoms with Crippen molar-refractivity contribution in [1.29, 1.82) is 0 Å². The Kier molecular flexibility index (Phi) is 4.50. The van der Waals surface area contributed by atoms with Gasteiger partial charge in [0.05, 0.1) is 7.11 Å². The van der Waals surface area contributed by atoms with Crippen molar-refractivity contribution in [1.82, 2.24) is 0 Å². The summed E-state index contributed by atoms with van der Waals surface area (Å²) < 4.78 is 17.8. The number of amides is 1. The van der Waals surface area contributed by atoms with Gasteiger partial charge < -0.3 is 10.1 Å². The standard InChI is InChI=1S/C16H14FNO2/c1-20-11-14(17)16(19)18-15-10-6-5-9-13(15)12-7-3-2-4-8-12/h2-11H,1H3,(H,18,19)/b14-11+. The molecule has 0 bridgehead atoms. The molecule has 0 spiro atoms. The van der Waals surface area contributed by atoms with Crippen LogP contribution in [0, 0.1) is 0 Å². The van der Waals surface area contributed by atoms with Crippen molar-refractivity contribution in [2.75, 3.05) is 12.4 Å². The van der Waals surface area contributed by atoms with E-state index in [4.69, 9.17) is 0 Å². The second kappa shape index (κ2) is 6.52. The minimum Gasteiger partial charge on any atom is -0.501 e. The number of benzene rings is 2. The van der Waals surface area contributed by atoms with Gasteiger partial charge in [-0.3, -0.25) is 4.79 Å². The van der Waals surface area contributed by atoms with Crippen LogP contribution in [-0.4, -0.2) is 13.0 Å². The molecule has 0 heterocycles. The maximum absolute atomic E-state index is 13.3. The van der Waals surface area contributed by atoms with E-state index in [-0.39, 0.29) is 0 Å². The van der Waals surface area contributed by atoms with Gasteiger partial charge in [0, 0.05) is 11.3 Å². The molecule has 0 aliphatic rings. The second-order valence-electron chi connectivity index (χ2n) is 4.07. The number of hydrogen-bond donors (Lipinski definition) is 1. The summed E-state index contributed by atoms with van der Waals surface area (Å²) in [5.41, 5.74) is 2.31. The Bertz CT molecular complexity index is 623. The zero-order valence-corrected chi connectivity index (χ0v) is 11.0. The third-order valence-electron chi connectivity index (χ3n) is 2.70. The van der Waals surface area contributed by atoms with E-state index in [1.807, 2.05) is 42.5 Å². The van der Waals surface area contributed by atoms with Crippen LogP contribution < -0.4 is 5.32 Å². The first-order valence-electron chi connectivity index (χ1n) is 6.06. The van der Waals surface area contributed by atoms with Crippen LogP contribution in [0.4, 0.5) is 10.1 Å². The van der Waals surface area contributed by atoms with Crippen molar-refractivity contribution >= 4 is 11.6 Å². The zero-order chi connectivity index (χ0) is 14.4. The highest BCUT2D eigenvalue weighted by molar-refractivity contribution is 6.04. The topological polar surface area (TPSA) is 38.3 Å². The van der Waals surface area contributed by atoms with E-state index in [9.17, 15) is 9.18 Å². The molecule has 0 saturated heterocycles. The highest BCUT2D eigenvalue weighted by atomic mass is 19.1. The smallest absolute Gasteiger partial charge is 0.287 e. The van der Waals surface area contributed by atoms with Gasteiger partial charge in [-0.25, -0.2) is 0 Å². The number of anilines is 1. The lowest BCUT2D eigenvalue weighted by atomic mass is 10.0. The molecule has 0 aromatic heterocycles. The van der Waals surface area contributed by atoms with Gasteiger partial charge in [-0.1, -0.05) is 48.5 Å². The molecule has 0 aliphatic heterocycles.